The molecule has 0 N–H and O–H groups in total. The van der Waals surface area contributed by atoms with Crippen LogP contribution in [0.15, 0.2) is 54.6 Å². The smallest absolute Gasteiger partial charge is 0.0385 e. The van der Waals surface area contributed by atoms with Gasteiger partial charge in [0.05, 0.1) is 0 Å². The van der Waals surface area contributed by atoms with Crippen molar-refractivity contribution >= 4 is 0 Å². The summed E-state index contributed by atoms with van der Waals surface area (Å²) < 4.78 is 0. The molecule has 0 amide bonds. The van der Waals surface area contributed by atoms with E-state index in [1.807, 2.05) is 0 Å². The van der Waals surface area contributed by atoms with Crippen LogP contribution in [0.1, 0.15) is 41.5 Å². The maximum Gasteiger partial charge on any atom is 0.0385 e. The molecule has 2 aromatic rings. The van der Waals surface area contributed by atoms with Crippen molar-refractivity contribution in [2.24, 2.45) is 5.92 Å². The van der Waals surface area contributed by atoms with Crippen LogP contribution in [0, 0.1) is 5.92 Å². The molecule has 2 aliphatic rings. The number of hydrogen-bond acceptors (Lipinski definition) is 1. The second-order valence-corrected chi connectivity index (χ2v) is 6.25. The first-order valence-corrected chi connectivity index (χ1v) is 7.70. The Hall–Kier alpha value is -1.60. The van der Waals surface area contributed by atoms with Crippen LogP contribution in [-0.4, -0.2) is 18.5 Å². The lowest BCUT2D eigenvalue weighted by atomic mass is 9.80. The molecule has 1 heterocycles. The lowest BCUT2D eigenvalue weighted by Crippen LogP contribution is -2.34. The van der Waals surface area contributed by atoms with Crippen molar-refractivity contribution in [3.63, 3.8) is 0 Å². The van der Waals surface area contributed by atoms with Gasteiger partial charge in [-0.15, -0.1) is 0 Å². The summed E-state index contributed by atoms with van der Waals surface area (Å²) >= 11 is 0. The molecule has 20 heavy (non-hydrogen) atoms. The Bertz CT molecular complexity index is 604. The number of benzene rings is 2. The highest BCUT2D eigenvalue weighted by molar-refractivity contribution is 5.46. The van der Waals surface area contributed by atoms with Crippen molar-refractivity contribution in [2.45, 2.75) is 24.8 Å². The molecule has 1 fully saturated rings. The Labute approximate surface area is 121 Å². The fourth-order valence-corrected chi connectivity index (χ4v) is 4.40. The van der Waals surface area contributed by atoms with Gasteiger partial charge < -0.3 is 0 Å². The molecule has 0 unspecified atom stereocenters. The summed E-state index contributed by atoms with van der Waals surface area (Å²) in [7, 11) is 2.29. The summed E-state index contributed by atoms with van der Waals surface area (Å²) in [5.74, 6) is 1.33. The van der Waals surface area contributed by atoms with E-state index >= 15 is 0 Å². The number of rotatable bonds is 1. The molecule has 1 nitrogen and oxygen atoms in total. The zero-order valence-electron chi connectivity index (χ0n) is 12.0. The SMILES string of the molecule is CN1CCC[C@H]2[C@@H](c3ccccc3)c3ccccc3[C@H]21. The summed E-state index contributed by atoms with van der Waals surface area (Å²) in [4.78, 5) is 2.57. The van der Waals surface area contributed by atoms with E-state index in [0.29, 0.717) is 12.0 Å². The van der Waals surface area contributed by atoms with Crippen LogP contribution in [0.3, 0.4) is 0 Å². The van der Waals surface area contributed by atoms with Crippen LogP contribution in [0.2, 0.25) is 0 Å². The van der Waals surface area contributed by atoms with Gasteiger partial charge in [0.2, 0.25) is 0 Å². The minimum atomic E-state index is 0.583. The lowest BCUT2D eigenvalue weighted by molar-refractivity contribution is 0.127. The maximum absolute atomic E-state index is 2.57. The van der Waals surface area contributed by atoms with Crippen LogP contribution in [0.5, 0.6) is 0 Å². The van der Waals surface area contributed by atoms with Crippen LogP contribution in [0.25, 0.3) is 0 Å². The van der Waals surface area contributed by atoms with Crippen LogP contribution < -0.4 is 0 Å². The maximum atomic E-state index is 2.57. The zero-order valence-corrected chi connectivity index (χ0v) is 12.0. The summed E-state index contributed by atoms with van der Waals surface area (Å²) in [6, 6.07) is 20.8. The molecule has 1 aliphatic heterocycles. The first kappa shape index (κ1) is 12.2. The number of nitrogens with zero attached hydrogens (tertiary/aromatic N) is 1. The first-order chi connectivity index (χ1) is 9.86. The van der Waals surface area contributed by atoms with Crippen LogP contribution in [0.4, 0.5) is 0 Å². The number of piperidine rings is 1. The summed E-state index contributed by atoms with van der Waals surface area (Å²) in [6.45, 7) is 1.23. The van der Waals surface area contributed by atoms with Crippen molar-refractivity contribution in [1.29, 1.82) is 0 Å². The highest BCUT2D eigenvalue weighted by atomic mass is 15.1. The zero-order chi connectivity index (χ0) is 13.5. The fraction of sp³-hybridized carbons (Fsp3) is 0.368. The molecule has 0 spiro atoms. The normalized spacial score (nSPS) is 28.9. The molecule has 0 aromatic heterocycles. The molecule has 3 atom stereocenters. The molecule has 1 saturated heterocycles. The molecular formula is C19H21N. The second kappa shape index (κ2) is 4.75. The fourth-order valence-electron chi connectivity index (χ4n) is 4.40. The van der Waals surface area contributed by atoms with E-state index < -0.39 is 0 Å². The van der Waals surface area contributed by atoms with Crippen molar-refractivity contribution in [3.05, 3.63) is 71.3 Å². The van der Waals surface area contributed by atoms with Gasteiger partial charge >= 0.3 is 0 Å². The minimum absolute atomic E-state index is 0.583. The van der Waals surface area contributed by atoms with E-state index in [4.69, 9.17) is 0 Å². The van der Waals surface area contributed by atoms with Gasteiger partial charge in [0, 0.05) is 12.0 Å². The quantitative estimate of drug-likeness (QED) is 0.745. The Morgan fingerprint density at radius 3 is 2.40 bits per heavy atom. The Balaban J connectivity index is 1.86. The Morgan fingerprint density at radius 2 is 1.60 bits per heavy atom. The molecule has 102 valence electrons. The van der Waals surface area contributed by atoms with Gasteiger partial charge in [0.15, 0.2) is 0 Å². The van der Waals surface area contributed by atoms with Crippen LogP contribution >= 0.6 is 0 Å². The van der Waals surface area contributed by atoms with E-state index in [9.17, 15) is 0 Å². The summed E-state index contributed by atoms with van der Waals surface area (Å²) in [5.41, 5.74) is 4.61. The average molecular weight is 263 g/mol. The van der Waals surface area contributed by atoms with Crippen molar-refractivity contribution < 1.29 is 0 Å². The van der Waals surface area contributed by atoms with Crippen LogP contribution in [-0.2, 0) is 0 Å². The predicted octanol–water partition coefficient (Wildman–Crippen LogP) is 4.22. The third kappa shape index (κ3) is 1.73. The molecule has 0 radical (unpaired) electrons. The van der Waals surface area contributed by atoms with Crippen molar-refractivity contribution in [2.75, 3.05) is 13.6 Å². The largest absolute Gasteiger partial charge is 0.299 e. The van der Waals surface area contributed by atoms with Gasteiger partial charge in [0.25, 0.3) is 0 Å². The van der Waals surface area contributed by atoms with Gasteiger partial charge in [-0.1, -0.05) is 54.6 Å². The standard InChI is InChI=1S/C19H21N/c1-20-13-7-12-17-18(14-8-3-2-4-9-14)15-10-5-6-11-16(15)19(17)20/h2-6,8-11,17-19H,7,12-13H2,1H3/t17-,18-,19+/m0/s1. The Morgan fingerprint density at radius 1 is 0.900 bits per heavy atom. The van der Waals surface area contributed by atoms with E-state index in [1.54, 1.807) is 11.1 Å². The van der Waals surface area contributed by atoms with E-state index in [2.05, 4.69) is 66.5 Å². The topological polar surface area (TPSA) is 3.24 Å². The van der Waals surface area contributed by atoms with Gasteiger partial charge in [0.1, 0.15) is 0 Å². The monoisotopic (exact) mass is 263 g/mol. The average Bonchev–Trinajstić information content (AvgIpc) is 2.84. The molecule has 1 heteroatoms. The van der Waals surface area contributed by atoms with E-state index in [1.165, 1.54) is 24.9 Å². The summed E-state index contributed by atoms with van der Waals surface area (Å²) in [6.07, 6.45) is 2.68. The molecule has 4 rings (SSSR count). The molecule has 1 aliphatic carbocycles. The third-order valence-corrected chi connectivity index (χ3v) is 5.17. The van der Waals surface area contributed by atoms with Gasteiger partial charge in [-0.2, -0.15) is 0 Å². The van der Waals surface area contributed by atoms with Crippen molar-refractivity contribution in [1.82, 2.24) is 4.90 Å². The Kier molecular flexibility index (Phi) is 2.89. The highest BCUT2D eigenvalue weighted by Crippen LogP contribution is 2.53. The number of fused-ring (bicyclic) bond motifs is 3. The molecular weight excluding hydrogens is 242 g/mol. The third-order valence-electron chi connectivity index (χ3n) is 5.17. The van der Waals surface area contributed by atoms with E-state index in [0.717, 1.165) is 5.92 Å². The van der Waals surface area contributed by atoms with Gasteiger partial charge in [-0.3, -0.25) is 4.90 Å². The molecule has 2 aromatic carbocycles. The van der Waals surface area contributed by atoms with Gasteiger partial charge in [-0.05, 0) is 49.0 Å². The second-order valence-electron chi connectivity index (χ2n) is 6.25. The van der Waals surface area contributed by atoms with Gasteiger partial charge in [-0.25, -0.2) is 0 Å². The highest BCUT2D eigenvalue weighted by Gasteiger charge is 2.44. The van der Waals surface area contributed by atoms with Crippen molar-refractivity contribution in [3.8, 4) is 0 Å². The number of likely N-dealkylation sites (tertiary alicyclic amines) is 1. The van der Waals surface area contributed by atoms with E-state index in [-0.39, 0.29) is 0 Å². The minimum Gasteiger partial charge on any atom is -0.299 e. The molecule has 0 saturated carbocycles. The number of hydrogen-bond donors (Lipinski definition) is 0. The lowest BCUT2D eigenvalue weighted by Gasteiger charge is -2.37. The molecule has 0 bridgehead atoms. The predicted molar refractivity (Wildman–Crippen MR) is 82.8 cm³/mol. The summed E-state index contributed by atoms with van der Waals surface area (Å²) in [5, 5.41) is 0. The first-order valence-electron chi connectivity index (χ1n) is 7.70.